The zero-order valence-electron chi connectivity index (χ0n) is 12.5. The number of hydrogen-bond donors (Lipinski definition) is 1. The van der Waals surface area contributed by atoms with Crippen molar-refractivity contribution in [3.05, 3.63) is 42.0 Å². The van der Waals surface area contributed by atoms with Crippen molar-refractivity contribution in [1.29, 1.82) is 0 Å². The molecule has 22 heavy (non-hydrogen) atoms. The van der Waals surface area contributed by atoms with E-state index >= 15 is 0 Å². The van der Waals surface area contributed by atoms with Gasteiger partial charge in [0.2, 0.25) is 0 Å². The van der Waals surface area contributed by atoms with Crippen molar-refractivity contribution in [3.8, 4) is 0 Å². The molecule has 0 atom stereocenters. The normalized spacial score (nSPS) is 14.3. The molecule has 0 aliphatic carbocycles. The lowest BCUT2D eigenvalue weighted by atomic mass is 10.3. The van der Waals surface area contributed by atoms with E-state index in [0.717, 1.165) is 18.9 Å². The van der Waals surface area contributed by atoms with Crippen LogP contribution in [0, 0.1) is 0 Å². The van der Waals surface area contributed by atoms with Gasteiger partial charge in [0, 0.05) is 20.2 Å². The van der Waals surface area contributed by atoms with Crippen LogP contribution in [0.1, 0.15) is 29.2 Å². The molecule has 3 rings (SSSR count). The van der Waals surface area contributed by atoms with Gasteiger partial charge in [-0.15, -0.1) is 0 Å². The van der Waals surface area contributed by atoms with Crippen LogP contribution in [0.2, 0.25) is 0 Å². The zero-order valence-corrected chi connectivity index (χ0v) is 12.5. The second-order valence-corrected chi connectivity index (χ2v) is 5.25. The minimum atomic E-state index is -0.293. The number of furan rings is 1. The second kappa shape index (κ2) is 6.62. The first-order valence-corrected chi connectivity index (χ1v) is 7.36. The molecule has 6 heteroatoms. The Hall–Kier alpha value is -2.34. The minimum absolute atomic E-state index is 0.260. The van der Waals surface area contributed by atoms with Gasteiger partial charge in [-0.05, 0) is 37.1 Å². The summed E-state index contributed by atoms with van der Waals surface area (Å²) >= 11 is 0. The number of rotatable bonds is 5. The first kappa shape index (κ1) is 14.6. The third-order valence-electron chi connectivity index (χ3n) is 3.61. The Labute approximate surface area is 129 Å². The Morgan fingerprint density at radius 1 is 1.32 bits per heavy atom. The molecule has 1 N–H and O–H groups in total. The maximum Gasteiger partial charge on any atom is 0.291 e. The highest BCUT2D eigenvalue weighted by Gasteiger charge is 2.14. The summed E-state index contributed by atoms with van der Waals surface area (Å²) in [5.41, 5.74) is 0.651. The number of aromatic nitrogens is 1. The van der Waals surface area contributed by atoms with Crippen molar-refractivity contribution in [2.75, 3.05) is 30.4 Å². The molecule has 3 heterocycles. The lowest BCUT2D eigenvalue weighted by Gasteiger charge is -2.16. The largest absolute Gasteiger partial charge is 0.453 e. The molecule has 1 aliphatic rings. The van der Waals surface area contributed by atoms with Crippen LogP contribution in [0.4, 0.5) is 11.5 Å². The number of carbonyl (C=O) groups excluding carboxylic acids is 1. The van der Waals surface area contributed by atoms with Crippen LogP contribution in [-0.4, -0.2) is 31.1 Å². The van der Waals surface area contributed by atoms with E-state index in [2.05, 4.69) is 15.2 Å². The summed E-state index contributed by atoms with van der Waals surface area (Å²) in [6, 6.07) is 7.15. The second-order valence-electron chi connectivity index (χ2n) is 5.25. The van der Waals surface area contributed by atoms with Gasteiger partial charge >= 0.3 is 0 Å². The molecule has 0 saturated carbocycles. The average Bonchev–Trinajstić information content (AvgIpc) is 3.20. The Morgan fingerprint density at radius 2 is 2.14 bits per heavy atom. The molecule has 1 fully saturated rings. The van der Waals surface area contributed by atoms with Gasteiger partial charge in [0.05, 0.1) is 11.9 Å². The van der Waals surface area contributed by atoms with Crippen molar-refractivity contribution in [3.63, 3.8) is 0 Å². The number of anilines is 2. The van der Waals surface area contributed by atoms with Crippen LogP contribution in [0.5, 0.6) is 0 Å². The summed E-state index contributed by atoms with van der Waals surface area (Å²) in [6.45, 7) is 2.44. The highest BCUT2D eigenvalue weighted by molar-refractivity contribution is 6.02. The Balaban J connectivity index is 1.63. The minimum Gasteiger partial charge on any atom is -0.453 e. The van der Waals surface area contributed by atoms with E-state index in [4.69, 9.17) is 9.15 Å². The summed E-state index contributed by atoms with van der Waals surface area (Å²) in [7, 11) is 1.58. The zero-order chi connectivity index (χ0) is 15.4. The molecular weight excluding hydrogens is 282 g/mol. The quantitative estimate of drug-likeness (QED) is 0.919. The van der Waals surface area contributed by atoms with E-state index < -0.39 is 0 Å². The van der Waals surface area contributed by atoms with E-state index in [-0.39, 0.29) is 11.7 Å². The fourth-order valence-electron chi connectivity index (χ4n) is 2.51. The number of carbonyl (C=O) groups is 1. The number of amides is 1. The smallest absolute Gasteiger partial charge is 0.291 e. The van der Waals surface area contributed by atoms with Crippen molar-refractivity contribution >= 4 is 17.4 Å². The van der Waals surface area contributed by atoms with Gasteiger partial charge in [-0.25, -0.2) is 4.98 Å². The number of hydrogen-bond acceptors (Lipinski definition) is 5. The number of nitrogens with one attached hydrogen (secondary N) is 1. The van der Waals surface area contributed by atoms with Gasteiger partial charge < -0.3 is 19.4 Å². The molecule has 0 unspecified atom stereocenters. The van der Waals surface area contributed by atoms with Crippen molar-refractivity contribution in [1.82, 2.24) is 4.98 Å². The summed E-state index contributed by atoms with van der Waals surface area (Å²) < 4.78 is 10.4. The number of nitrogens with zero attached hydrogens (tertiary/aromatic N) is 2. The molecule has 1 amide bonds. The molecule has 0 spiro atoms. The van der Waals surface area contributed by atoms with Crippen molar-refractivity contribution in [2.45, 2.75) is 19.4 Å². The molecule has 0 radical (unpaired) electrons. The number of methoxy groups -OCH3 is 1. The van der Waals surface area contributed by atoms with Crippen molar-refractivity contribution < 1.29 is 13.9 Å². The molecular formula is C16H19N3O3. The van der Waals surface area contributed by atoms with Gasteiger partial charge in [0.25, 0.3) is 5.91 Å². The lowest BCUT2D eigenvalue weighted by Crippen LogP contribution is -2.19. The standard InChI is InChI=1S/C16H19N3O3/c1-21-11-13-5-6-14(22-13)16(20)18-12-4-7-15(17-10-12)19-8-2-3-9-19/h4-7,10H,2-3,8-9,11H2,1H3,(H,18,20). The maximum absolute atomic E-state index is 12.1. The molecule has 1 saturated heterocycles. The Morgan fingerprint density at radius 3 is 2.82 bits per heavy atom. The van der Waals surface area contributed by atoms with Gasteiger partial charge in [-0.1, -0.05) is 0 Å². The molecule has 1 aliphatic heterocycles. The fourth-order valence-corrected chi connectivity index (χ4v) is 2.51. The molecule has 2 aromatic heterocycles. The van der Waals surface area contributed by atoms with Gasteiger partial charge in [0.15, 0.2) is 5.76 Å². The first-order valence-electron chi connectivity index (χ1n) is 7.36. The van der Waals surface area contributed by atoms with E-state index in [9.17, 15) is 4.79 Å². The van der Waals surface area contributed by atoms with Crippen LogP contribution in [0.3, 0.4) is 0 Å². The molecule has 0 bridgehead atoms. The van der Waals surface area contributed by atoms with Gasteiger partial charge in [0.1, 0.15) is 18.2 Å². The predicted octanol–water partition coefficient (Wildman–Crippen LogP) is 2.67. The van der Waals surface area contributed by atoms with E-state index in [0.29, 0.717) is 18.1 Å². The number of pyridine rings is 1. The first-order chi connectivity index (χ1) is 10.8. The van der Waals surface area contributed by atoms with Crippen LogP contribution >= 0.6 is 0 Å². The summed E-state index contributed by atoms with van der Waals surface area (Å²) in [6.07, 6.45) is 4.09. The maximum atomic E-state index is 12.1. The van der Waals surface area contributed by atoms with Crippen LogP contribution in [0.15, 0.2) is 34.9 Å². The Kier molecular flexibility index (Phi) is 4.39. The third-order valence-corrected chi connectivity index (χ3v) is 3.61. The van der Waals surface area contributed by atoms with Crippen molar-refractivity contribution in [2.24, 2.45) is 0 Å². The predicted molar refractivity (Wildman–Crippen MR) is 83.1 cm³/mol. The number of ether oxygens (including phenoxy) is 1. The van der Waals surface area contributed by atoms with Crippen LogP contribution in [0.25, 0.3) is 0 Å². The summed E-state index contributed by atoms with van der Waals surface area (Å²) in [5, 5.41) is 2.78. The molecule has 6 nitrogen and oxygen atoms in total. The SMILES string of the molecule is COCc1ccc(C(=O)Nc2ccc(N3CCCC3)nc2)o1. The topological polar surface area (TPSA) is 67.6 Å². The third kappa shape index (κ3) is 3.28. The molecule has 2 aromatic rings. The van der Waals surface area contributed by atoms with E-state index in [1.807, 2.05) is 12.1 Å². The lowest BCUT2D eigenvalue weighted by molar-refractivity contribution is 0.0987. The Bertz CT molecular complexity index is 630. The van der Waals surface area contributed by atoms with Gasteiger partial charge in [-0.2, -0.15) is 0 Å². The van der Waals surface area contributed by atoms with E-state index in [1.54, 1.807) is 25.4 Å². The molecule has 116 valence electrons. The van der Waals surface area contributed by atoms with E-state index in [1.165, 1.54) is 12.8 Å². The monoisotopic (exact) mass is 301 g/mol. The fraction of sp³-hybridized carbons (Fsp3) is 0.375. The average molecular weight is 301 g/mol. The summed E-state index contributed by atoms with van der Waals surface area (Å²) in [4.78, 5) is 18.7. The van der Waals surface area contributed by atoms with Gasteiger partial charge in [-0.3, -0.25) is 4.79 Å². The molecule has 0 aromatic carbocycles. The summed E-state index contributed by atoms with van der Waals surface area (Å²) in [5.74, 6) is 1.54. The van der Waals surface area contributed by atoms with Crippen LogP contribution < -0.4 is 10.2 Å². The highest BCUT2D eigenvalue weighted by Crippen LogP contribution is 2.19. The van der Waals surface area contributed by atoms with Crippen LogP contribution in [-0.2, 0) is 11.3 Å². The highest BCUT2D eigenvalue weighted by atomic mass is 16.5.